The van der Waals surface area contributed by atoms with Crippen molar-refractivity contribution in [3.05, 3.63) is 28.2 Å². The van der Waals surface area contributed by atoms with E-state index in [1.54, 1.807) is 25.1 Å². The van der Waals surface area contributed by atoms with Crippen LogP contribution in [0.1, 0.15) is 19.8 Å². The molecule has 1 aromatic rings. The zero-order valence-electron chi connectivity index (χ0n) is 9.37. The van der Waals surface area contributed by atoms with Crippen molar-refractivity contribution in [3.63, 3.8) is 0 Å². The quantitative estimate of drug-likeness (QED) is 0.916. The predicted octanol–water partition coefficient (Wildman–Crippen LogP) is 3.04. The summed E-state index contributed by atoms with van der Waals surface area (Å²) in [6, 6.07) is 5.42. The summed E-state index contributed by atoms with van der Waals surface area (Å²) in [4.78, 5) is 11.7. The molecule has 92 valence electrons. The van der Waals surface area contributed by atoms with Crippen molar-refractivity contribution in [2.24, 2.45) is 0 Å². The molecule has 1 aliphatic rings. The SMILES string of the molecule is C[C@@H](Oc1cccc(Cl)c1Cl)C(=O)NC1CC1. The summed E-state index contributed by atoms with van der Waals surface area (Å²) < 4.78 is 5.49. The largest absolute Gasteiger partial charge is 0.479 e. The van der Waals surface area contributed by atoms with E-state index in [1.165, 1.54) is 0 Å². The number of benzene rings is 1. The zero-order valence-corrected chi connectivity index (χ0v) is 10.9. The van der Waals surface area contributed by atoms with Gasteiger partial charge >= 0.3 is 0 Å². The lowest BCUT2D eigenvalue weighted by molar-refractivity contribution is -0.127. The molecule has 0 radical (unpaired) electrons. The Morgan fingerprint density at radius 3 is 2.82 bits per heavy atom. The van der Waals surface area contributed by atoms with Crippen molar-refractivity contribution >= 4 is 29.1 Å². The van der Waals surface area contributed by atoms with Gasteiger partial charge in [-0.2, -0.15) is 0 Å². The molecule has 1 aromatic carbocycles. The Hall–Kier alpha value is -0.930. The molecule has 0 aromatic heterocycles. The molecule has 1 fully saturated rings. The molecule has 0 heterocycles. The van der Waals surface area contributed by atoms with Gasteiger partial charge in [0.05, 0.1) is 5.02 Å². The van der Waals surface area contributed by atoms with Crippen LogP contribution in [0.2, 0.25) is 10.0 Å². The summed E-state index contributed by atoms with van der Waals surface area (Å²) in [5.41, 5.74) is 0. The third-order valence-corrected chi connectivity index (χ3v) is 3.31. The number of carbonyl (C=O) groups is 1. The first kappa shape index (κ1) is 12.5. The Balaban J connectivity index is 1.99. The van der Waals surface area contributed by atoms with Crippen LogP contribution in [0.5, 0.6) is 5.75 Å². The number of hydrogen-bond donors (Lipinski definition) is 1. The monoisotopic (exact) mass is 273 g/mol. The lowest BCUT2D eigenvalue weighted by Gasteiger charge is -2.15. The minimum Gasteiger partial charge on any atom is -0.479 e. The number of halogens is 2. The molecule has 1 aliphatic carbocycles. The maximum absolute atomic E-state index is 11.7. The molecule has 0 saturated heterocycles. The molecule has 2 rings (SSSR count). The van der Waals surface area contributed by atoms with Crippen molar-refractivity contribution in [3.8, 4) is 5.75 Å². The lowest BCUT2D eigenvalue weighted by Crippen LogP contribution is -2.37. The summed E-state index contributed by atoms with van der Waals surface area (Å²) in [7, 11) is 0. The van der Waals surface area contributed by atoms with Crippen molar-refractivity contribution < 1.29 is 9.53 Å². The first-order valence-corrected chi connectivity index (χ1v) is 6.24. The van der Waals surface area contributed by atoms with Crippen molar-refractivity contribution in [2.75, 3.05) is 0 Å². The third-order valence-electron chi connectivity index (χ3n) is 2.51. The van der Waals surface area contributed by atoms with Gasteiger partial charge in [-0.3, -0.25) is 4.79 Å². The molecule has 1 atom stereocenters. The third kappa shape index (κ3) is 3.27. The molecule has 1 saturated carbocycles. The highest BCUT2D eigenvalue weighted by molar-refractivity contribution is 6.42. The second-order valence-corrected chi connectivity index (χ2v) is 4.88. The molecule has 3 nitrogen and oxygen atoms in total. The molecule has 17 heavy (non-hydrogen) atoms. The van der Waals surface area contributed by atoms with Crippen LogP contribution in [0.4, 0.5) is 0 Å². The Labute approximate surface area is 110 Å². The van der Waals surface area contributed by atoms with E-state index in [0.717, 1.165) is 12.8 Å². The van der Waals surface area contributed by atoms with Crippen LogP contribution in [0.25, 0.3) is 0 Å². The van der Waals surface area contributed by atoms with Crippen molar-refractivity contribution in [2.45, 2.75) is 31.9 Å². The number of nitrogens with one attached hydrogen (secondary N) is 1. The van der Waals surface area contributed by atoms with Crippen LogP contribution in [-0.2, 0) is 4.79 Å². The lowest BCUT2D eigenvalue weighted by atomic mass is 10.3. The van der Waals surface area contributed by atoms with Gasteiger partial charge < -0.3 is 10.1 Å². The number of rotatable bonds is 4. The number of ether oxygens (including phenoxy) is 1. The Kier molecular flexibility index (Phi) is 3.79. The number of amides is 1. The normalized spacial score (nSPS) is 16.4. The zero-order chi connectivity index (χ0) is 12.4. The summed E-state index contributed by atoms with van der Waals surface area (Å²) in [5.74, 6) is 0.307. The molecule has 1 amide bonds. The first-order valence-electron chi connectivity index (χ1n) is 5.49. The van der Waals surface area contributed by atoms with Crippen molar-refractivity contribution in [1.82, 2.24) is 5.32 Å². The first-order chi connectivity index (χ1) is 8.08. The van der Waals surface area contributed by atoms with Gasteiger partial charge in [-0.1, -0.05) is 29.3 Å². The van der Waals surface area contributed by atoms with Gasteiger partial charge in [0.15, 0.2) is 6.10 Å². The minimum absolute atomic E-state index is 0.122. The van der Waals surface area contributed by atoms with Crippen LogP contribution < -0.4 is 10.1 Å². The van der Waals surface area contributed by atoms with Gasteiger partial charge in [-0.25, -0.2) is 0 Å². The standard InChI is InChI=1S/C12H13Cl2NO2/c1-7(12(16)15-8-5-6-8)17-10-4-2-3-9(13)11(10)14/h2-4,7-8H,5-6H2,1H3,(H,15,16)/t7-/m1/s1. The molecule has 0 unspecified atom stereocenters. The smallest absolute Gasteiger partial charge is 0.260 e. The molecule has 5 heteroatoms. The average Bonchev–Trinajstić information content (AvgIpc) is 3.08. The van der Waals surface area contributed by atoms with Crippen LogP contribution in [0.3, 0.4) is 0 Å². The highest BCUT2D eigenvalue weighted by Crippen LogP contribution is 2.32. The van der Waals surface area contributed by atoms with E-state index in [0.29, 0.717) is 21.8 Å². The van der Waals surface area contributed by atoms with Gasteiger partial charge in [0.25, 0.3) is 5.91 Å². The van der Waals surface area contributed by atoms with Gasteiger partial charge in [0.1, 0.15) is 10.8 Å². The van der Waals surface area contributed by atoms with E-state index in [-0.39, 0.29) is 5.91 Å². The molecular weight excluding hydrogens is 261 g/mol. The minimum atomic E-state index is -0.577. The highest BCUT2D eigenvalue weighted by atomic mass is 35.5. The molecular formula is C12H13Cl2NO2. The number of carbonyl (C=O) groups excluding carboxylic acids is 1. The van der Waals surface area contributed by atoms with E-state index < -0.39 is 6.10 Å². The van der Waals surface area contributed by atoms with Gasteiger partial charge in [0.2, 0.25) is 0 Å². The van der Waals surface area contributed by atoms with E-state index in [4.69, 9.17) is 27.9 Å². The van der Waals surface area contributed by atoms with E-state index in [9.17, 15) is 4.79 Å². The summed E-state index contributed by atoms with van der Waals surface area (Å²) in [5, 5.41) is 3.62. The fourth-order valence-electron chi connectivity index (χ4n) is 1.37. The molecule has 1 N–H and O–H groups in total. The van der Waals surface area contributed by atoms with E-state index in [2.05, 4.69) is 5.32 Å². The topological polar surface area (TPSA) is 38.3 Å². The second-order valence-electron chi connectivity index (χ2n) is 4.09. The second kappa shape index (κ2) is 5.15. The Bertz CT molecular complexity index is 433. The van der Waals surface area contributed by atoms with Crippen LogP contribution >= 0.6 is 23.2 Å². The molecule has 0 spiro atoms. The summed E-state index contributed by atoms with van der Waals surface area (Å²) in [6.45, 7) is 1.69. The predicted molar refractivity (Wildman–Crippen MR) is 67.7 cm³/mol. The molecule has 0 bridgehead atoms. The van der Waals surface area contributed by atoms with Gasteiger partial charge in [-0.15, -0.1) is 0 Å². The summed E-state index contributed by atoms with van der Waals surface area (Å²) in [6.07, 6.45) is 1.53. The maximum atomic E-state index is 11.7. The summed E-state index contributed by atoms with van der Waals surface area (Å²) >= 11 is 11.8. The van der Waals surface area contributed by atoms with Gasteiger partial charge in [0, 0.05) is 6.04 Å². The Morgan fingerprint density at radius 2 is 2.18 bits per heavy atom. The van der Waals surface area contributed by atoms with Gasteiger partial charge in [-0.05, 0) is 31.9 Å². The maximum Gasteiger partial charge on any atom is 0.260 e. The van der Waals surface area contributed by atoms with Crippen LogP contribution in [0.15, 0.2) is 18.2 Å². The van der Waals surface area contributed by atoms with E-state index in [1.807, 2.05) is 0 Å². The highest BCUT2D eigenvalue weighted by Gasteiger charge is 2.26. The van der Waals surface area contributed by atoms with E-state index >= 15 is 0 Å². The number of hydrogen-bond acceptors (Lipinski definition) is 2. The van der Waals surface area contributed by atoms with Crippen LogP contribution in [0, 0.1) is 0 Å². The fourth-order valence-corrected chi connectivity index (χ4v) is 1.70. The average molecular weight is 274 g/mol. The molecule has 0 aliphatic heterocycles. The van der Waals surface area contributed by atoms with Crippen LogP contribution in [-0.4, -0.2) is 18.1 Å². The Morgan fingerprint density at radius 1 is 1.47 bits per heavy atom. The fraction of sp³-hybridized carbons (Fsp3) is 0.417. The van der Waals surface area contributed by atoms with Crippen molar-refractivity contribution in [1.29, 1.82) is 0 Å².